The van der Waals surface area contributed by atoms with Crippen LogP contribution in [-0.2, 0) is 4.74 Å². The lowest BCUT2D eigenvalue weighted by Gasteiger charge is -2.19. The normalized spacial score (nSPS) is 24.1. The minimum Gasteiger partial charge on any atom is -0.447 e. The van der Waals surface area contributed by atoms with Crippen LogP contribution in [-0.4, -0.2) is 23.6 Å². The van der Waals surface area contributed by atoms with E-state index in [4.69, 9.17) is 4.74 Å². The van der Waals surface area contributed by atoms with Gasteiger partial charge in [0.05, 0.1) is 6.04 Å². The molecule has 0 radical (unpaired) electrons. The lowest BCUT2D eigenvalue weighted by molar-refractivity contribution is 0.166. The Labute approximate surface area is 66.6 Å². The van der Waals surface area contributed by atoms with Gasteiger partial charge < -0.3 is 4.74 Å². The second-order valence-corrected chi connectivity index (χ2v) is 2.98. The summed E-state index contributed by atoms with van der Waals surface area (Å²) >= 11 is 0. The smallest absolute Gasteiger partial charge is 0.414 e. The summed E-state index contributed by atoms with van der Waals surface area (Å²) in [5.41, 5.74) is 0. The molecule has 1 amide bonds. The van der Waals surface area contributed by atoms with Crippen molar-refractivity contribution in [3.05, 3.63) is 12.8 Å². The molecule has 1 rings (SSSR count). The van der Waals surface area contributed by atoms with Crippen LogP contribution < -0.4 is 0 Å². The third kappa shape index (κ3) is 1.37. The van der Waals surface area contributed by atoms with Crippen molar-refractivity contribution in [2.24, 2.45) is 5.92 Å². The molecule has 1 heterocycles. The maximum Gasteiger partial charge on any atom is 0.414 e. The zero-order chi connectivity index (χ0) is 8.43. The molecule has 0 aliphatic carbocycles. The quantitative estimate of drug-likeness (QED) is 0.606. The van der Waals surface area contributed by atoms with Gasteiger partial charge in [-0.25, -0.2) is 4.79 Å². The molecule has 0 aromatic heterocycles. The van der Waals surface area contributed by atoms with E-state index in [2.05, 4.69) is 20.4 Å². The monoisotopic (exact) mass is 155 g/mol. The molecule has 1 atom stereocenters. The summed E-state index contributed by atoms with van der Waals surface area (Å²) in [6.07, 6.45) is 1.25. The van der Waals surface area contributed by atoms with E-state index in [1.165, 1.54) is 6.20 Å². The summed E-state index contributed by atoms with van der Waals surface area (Å²) < 4.78 is 4.85. The zero-order valence-corrected chi connectivity index (χ0v) is 6.91. The van der Waals surface area contributed by atoms with Crippen LogP contribution in [0.3, 0.4) is 0 Å². The Morgan fingerprint density at radius 2 is 2.45 bits per heavy atom. The number of rotatable bonds is 2. The summed E-state index contributed by atoms with van der Waals surface area (Å²) in [4.78, 5) is 12.5. The van der Waals surface area contributed by atoms with Crippen molar-refractivity contribution in [1.29, 1.82) is 0 Å². The van der Waals surface area contributed by atoms with Crippen molar-refractivity contribution in [3.8, 4) is 0 Å². The summed E-state index contributed by atoms with van der Waals surface area (Å²) in [5.74, 6) is 0.416. The molecule has 0 saturated carbocycles. The molecule has 0 spiro atoms. The molecule has 3 heteroatoms. The van der Waals surface area contributed by atoms with Crippen LogP contribution in [0.1, 0.15) is 13.8 Å². The van der Waals surface area contributed by atoms with Gasteiger partial charge >= 0.3 is 6.09 Å². The Kier molecular flexibility index (Phi) is 2.17. The van der Waals surface area contributed by atoms with Gasteiger partial charge in [0.2, 0.25) is 0 Å². The van der Waals surface area contributed by atoms with Gasteiger partial charge in [-0.1, -0.05) is 20.4 Å². The van der Waals surface area contributed by atoms with Crippen molar-refractivity contribution >= 4 is 6.09 Å². The van der Waals surface area contributed by atoms with Gasteiger partial charge in [-0.2, -0.15) is 0 Å². The molecule has 0 aromatic rings. The summed E-state index contributed by atoms with van der Waals surface area (Å²) in [5, 5.41) is 0. The second kappa shape index (κ2) is 2.95. The highest BCUT2D eigenvalue weighted by molar-refractivity contribution is 5.71. The minimum absolute atomic E-state index is 0.167. The Morgan fingerprint density at radius 1 is 1.82 bits per heavy atom. The van der Waals surface area contributed by atoms with Crippen molar-refractivity contribution < 1.29 is 9.53 Å². The number of amides is 1. The van der Waals surface area contributed by atoms with Gasteiger partial charge in [0.1, 0.15) is 6.61 Å². The molecule has 0 aromatic carbocycles. The molecule has 62 valence electrons. The van der Waals surface area contributed by atoms with Crippen LogP contribution in [0.15, 0.2) is 12.8 Å². The summed E-state index contributed by atoms with van der Waals surface area (Å²) in [7, 11) is 0. The van der Waals surface area contributed by atoms with E-state index < -0.39 is 0 Å². The molecule has 11 heavy (non-hydrogen) atoms. The Hall–Kier alpha value is -0.990. The van der Waals surface area contributed by atoms with Gasteiger partial charge in [-0.3, -0.25) is 4.90 Å². The first-order valence-electron chi connectivity index (χ1n) is 3.74. The maximum absolute atomic E-state index is 11.0. The highest BCUT2D eigenvalue weighted by Gasteiger charge is 2.32. The van der Waals surface area contributed by atoms with Crippen molar-refractivity contribution in [2.75, 3.05) is 6.61 Å². The third-order valence-corrected chi connectivity index (χ3v) is 1.91. The average molecular weight is 155 g/mol. The van der Waals surface area contributed by atoms with E-state index in [0.717, 1.165) is 0 Å². The molecule has 1 aliphatic rings. The van der Waals surface area contributed by atoms with Gasteiger partial charge in [-0.15, -0.1) is 0 Å². The predicted molar refractivity (Wildman–Crippen MR) is 42.0 cm³/mol. The Balaban J connectivity index is 2.68. The van der Waals surface area contributed by atoms with Gasteiger partial charge in [-0.05, 0) is 5.92 Å². The molecule has 1 fully saturated rings. The molecule has 1 aliphatic heterocycles. The fourth-order valence-corrected chi connectivity index (χ4v) is 1.17. The predicted octanol–water partition coefficient (Wildman–Crippen LogP) is 1.61. The number of nitrogens with zero attached hydrogens (tertiary/aromatic N) is 1. The van der Waals surface area contributed by atoms with Crippen molar-refractivity contribution in [3.63, 3.8) is 0 Å². The first-order valence-corrected chi connectivity index (χ1v) is 3.74. The van der Waals surface area contributed by atoms with E-state index in [1.54, 1.807) is 4.90 Å². The van der Waals surface area contributed by atoms with Crippen LogP contribution >= 0.6 is 0 Å². The molecule has 0 bridgehead atoms. The topological polar surface area (TPSA) is 29.5 Å². The third-order valence-electron chi connectivity index (χ3n) is 1.91. The number of hydrogen-bond donors (Lipinski definition) is 0. The molecule has 0 unspecified atom stereocenters. The first-order chi connectivity index (χ1) is 5.16. The molecular formula is C8H13NO2. The first kappa shape index (κ1) is 8.11. The molecule has 1 saturated heterocycles. The van der Waals surface area contributed by atoms with Crippen LogP contribution in [0.4, 0.5) is 4.79 Å². The molecule has 0 N–H and O–H groups in total. The highest BCUT2D eigenvalue weighted by Crippen LogP contribution is 2.18. The second-order valence-electron chi connectivity index (χ2n) is 2.98. The van der Waals surface area contributed by atoms with Crippen molar-refractivity contribution in [1.82, 2.24) is 4.90 Å². The highest BCUT2D eigenvalue weighted by atomic mass is 16.6. The standard InChI is InChI=1S/C8H13NO2/c1-4-9-7(6(2)3)5-11-8(9)10/h4,6-7H,1,5H2,2-3H3/t7-/m0/s1. The van der Waals surface area contributed by atoms with Gasteiger partial charge in [0, 0.05) is 6.20 Å². The van der Waals surface area contributed by atoms with E-state index in [9.17, 15) is 4.79 Å². The average Bonchev–Trinajstić information content (AvgIpc) is 2.30. The minimum atomic E-state index is -0.279. The van der Waals surface area contributed by atoms with Gasteiger partial charge in [0.25, 0.3) is 0 Å². The maximum atomic E-state index is 11.0. The van der Waals surface area contributed by atoms with E-state index in [0.29, 0.717) is 12.5 Å². The van der Waals surface area contributed by atoms with E-state index in [-0.39, 0.29) is 12.1 Å². The van der Waals surface area contributed by atoms with Crippen LogP contribution in [0.25, 0.3) is 0 Å². The molecular weight excluding hydrogens is 142 g/mol. The number of ether oxygens (including phenoxy) is 1. The van der Waals surface area contributed by atoms with Crippen molar-refractivity contribution in [2.45, 2.75) is 19.9 Å². The Bertz CT molecular complexity index is 177. The van der Waals surface area contributed by atoms with E-state index in [1.807, 2.05) is 0 Å². The lowest BCUT2D eigenvalue weighted by atomic mass is 10.1. The zero-order valence-electron chi connectivity index (χ0n) is 6.91. The fraction of sp³-hybridized carbons (Fsp3) is 0.625. The fourth-order valence-electron chi connectivity index (χ4n) is 1.17. The number of carbonyl (C=O) groups excluding carboxylic acids is 1. The largest absolute Gasteiger partial charge is 0.447 e. The van der Waals surface area contributed by atoms with Crippen LogP contribution in [0, 0.1) is 5.92 Å². The number of cyclic esters (lactones) is 1. The number of carbonyl (C=O) groups is 1. The van der Waals surface area contributed by atoms with E-state index >= 15 is 0 Å². The Morgan fingerprint density at radius 3 is 2.82 bits per heavy atom. The van der Waals surface area contributed by atoms with Crippen LogP contribution in [0.5, 0.6) is 0 Å². The summed E-state index contributed by atoms with van der Waals surface area (Å²) in [6, 6.07) is 0.167. The van der Waals surface area contributed by atoms with Crippen LogP contribution in [0.2, 0.25) is 0 Å². The number of hydrogen-bond acceptors (Lipinski definition) is 2. The van der Waals surface area contributed by atoms with Gasteiger partial charge in [0.15, 0.2) is 0 Å². The molecule has 3 nitrogen and oxygen atoms in total. The lowest BCUT2D eigenvalue weighted by Crippen LogP contribution is -2.32. The summed E-state index contributed by atoms with van der Waals surface area (Å²) in [6.45, 7) is 8.16. The SMILES string of the molecule is C=CN1C(=O)OC[C@H]1C(C)C.